The second kappa shape index (κ2) is 6.13. The predicted molar refractivity (Wildman–Crippen MR) is 78.0 cm³/mol. The molecule has 0 aromatic carbocycles. The Morgan fingerprint density at radius 1 is 1.56 bits per heavy atom. The van der Waals surface area contributed by atoms with E-state index in [9.17, 15) is 0 Å². The summed E-state index contributed by atoms with van der Waals surface area (Å²) in [5, 5.41) is 4.94. The highest BCUT2D eigenvalue weighted by atomic mass is 32.1. The van der Waals surface area contributed by atoms with Crippen molar-refractivity contribution in [3.05, 3.63) is 16.1 Å². The van der Waals surface area contributed by atoms with Gasteiger partial charge in [-0.25, -0.2) is 4.98 Å². The van der Waals surface area contributed by atoms with E-state index in [1.807, 2.05) is 17.5 Å². The molecule has 0 amide bonds. The first kappa shape index (κ1) is 14.0. The van der Waals surface area contributed by atoms with Crippen molar-refractivity contribution in [2.45, 2.75) is 52.7 Å². The highest BCUT2D eigenvalue weighted by Crippen LogP contribution is 2.20. The molecule has 1 aromatic heterocycles. The van der Waals surface area contributed by atoms with Gasteiger partial charge in [-0.3, -0.25) is 4.90 Å². The van der Waals surface area contributed by atoms with Crippen molar-refractivity contribution < 1.29 is 0 Å². The molecule has 0 saturated carbocycles. The van der Waals surface area contributed by atoms with Crippen molar-refractivity contribution in [2.24, 2.45) is 5.92 Å². The molecule has 0 aliphatic carbocycles. The van der Waals surface area contributed by atoms with Crippen LogP contribution in [0.15, 0.2) is 6.20 Å². The van der Waals surface area contributed by atoms with Crippen molar-refractivity contribution in [3.63, 3.8) is 0 Å². The summed E-state index contributed by atoms with van der Waals surface area (Å²) in [4.78, 5) is 8.43. The van der Waals surface area contributed by atoms with Crippen molar-refractivity contribution in [2.75, 3.05) is 13.1 Å². The monoisotopic (exact) mass is 267 g/mol. The van der Waals surface area contributed by atoms with Crippen molar-refractivity contribution in [3.8, 4) is 0 Å². The van der Waals surface area contributed by atoms with Crippen LogP contribution >= 0.6 is 11.3 Å². The topological polar surface area (TPSA) is 28.2 Å². The predicted octanol–water partition coefficient (Wildman–Crippen LogP) is 2.66. The summed E-state index contributed by atoms with van der Waals surface area (Å²) in [5.41, 5.74) is 0. The largest absolute Gasteiger partial charge is 0.311 e. The third-order valence-corrected chi connectivity index (χ3v) is 4.74. The van der Waals surface area contributed by atoms with Crippen molar-refractivity contribution >= 4 is 11.3 Å². The van der Waals surface area contributed by atoms with Gasteiger partial charge in [0.1, 0.15) is 5.01 Å². The maximum Gasteiger partial charge on any atom is 0.107 e. The van der Waals surface area contributed by atoms with Crippen LogP contribution in [0.25, 0.3) is 0 Å². The minimum Gasteiger partial charge on any atom is -0.311 e. The Morgan fingerprint density at radius 2 is 2.33 bits per heavy atom. The first-order valence-corrected chi connectivity index (χ1v) is 7.80. The van der Waals surface area contributed by atoms with Gasteiger partial charge >= 0.3 is 0 Å². The van der Waals surface area contributed by atoms with E-state index in [1.165, 1.54) is 16.3 Å². The van der Waals surface area contributed by atoms with Gasteiger partial charge in [-0.2, -0.15) is 0 Å². The van der Waals surface area contributed by atoms with E-state index in [-0.39, 0.29) is 0 Å². The summed E-state index contributed by atoms with van der Waals surface area (Å²) in [7, 11) is 0. The van der Waals surface area contributed by atoms with E-state index in [0.29, 0.717) is 18.0 Å². The summed E-state index contributed by atoms with van der Waals surface area (Å²) < 4.78 is 0. The van der Waals surface area contributed by atoms with Crippen LogP contribution in [0, 0.1) is 12.8 Å². The molecule has 1 saturated heterocycles. The Hall–Kier alpha value is -0.450. The van der Waals surface area contributed by atoms with E-state index >= 15 is 0 Å². The molecule has 2 rings (SSSR count). The number of nitrogens with zero attached hydrogens (tertiary/aromatic N) is 2. The Bertz CT molecular complexity index is 375. The quantitative estimate of drug-likeness (QED) is 0.909. The third-order valence-electron chi connectivity index (χ3n) is 3.85. The summed E-state index contributed by atoms with van der Waals surface area (Å²) >= 11 is 1.83. The van der Waals surface area contributed by atoms with Crippen LogP contribution in [0.2, 0.25) is 0 Å². The standard InChI is InChI=1S/C14H25N3S/c1-5-12-7-15-13(10(2)3)8-17(12)9-14-16-6-11(4)18-14/h6,10,12-13,15H,5,7-9H2,1-4H3. The van der Waals surface area contributed by atoms with Crippen LogP contribution in [0.4, 0.5) is 0 Å². The molecule has 2 heterocycles. The van der Waals surface area contributed by atoms with Crippen LogP contribution in [0.5, 0.6) is 0 Å². The molecular weight excluding hydrogens is 242 g/mol. The Kier molecular flexibility index (Phi) is 4.76. The molecule has 1 N–H and O–H groups in total. The van der Waals surface area contributed by atoms with Gasteiger partial charge in [0, 0.05) is 36.2 Å². The Labute approximate surface area is 115 Å². The first-order chi connectivity index (χ1) is 8.60. The Balaban J connectivity index is 2.02. The molecule has 1 aliphatic rings. The fraction of sp³-hybridized carbons (Fsp3) is 0.786. The van der Waals surface area contributed by atoms with E-state index < -0.39 is 0 Å². The molecular formula is C14H25N3S. The van der Waals surface area contributed by atoms with E-state index in [1.54, 1.807) is 0 Å². The number of nitrogens with one attached hydrogen (secondary N) is 1. The molecule has 102 valence electrons. The molecule has 0 spiro atoms. The molecule has 18 heavy (non-hydrogen) atoms. The van der Waals surface area contributed by atoms with E-state index in [0.717, 1.165) is 19.6 Å². The maximum absolute atomic E-state index is 4.50. The zero-order valence-electron chi connectivity index (χ0n) is 11.9. The van der Waals surface area contributed by atoms with Gasteiger partial charge in [-0.1, -0.05) is 20.8 Å². The molecule has 1 aliphatic heterocycles. The summed E-state index contributed by atoms with van der Waals surface area (Å²) in [6.45, 7) is 12.3. The van der Waals surface area contributed by atoms with Gasteiger partial charge in [0.05, 0.1) is 6.54 Å². The van der Waals surface area contributed by atoms with E-state index in [2.05, 4.69) is 42.9 Å². The second-order valence-corrected chi connectivity index (χ2v) is 6.93. The smallest absolute Gasteiger partial charge is 0.107 e. The zero-order valence-corrected chi connectivity index (χ0v) is 12.8. The fourth-order valence-corrected chi connectivity index (χ4v) is 3.39. The number of rotatable bonds is 4. The lowest BCUT2D eigenvalue weighted by molar-refractivity contribution is 0.103. The molecule has 3 nitrogen and oxygen atoms in total. The van der Waals surface area contributed by atoms with Gasteiger partial charge < -0.3 is 5.32 Å². The third kappa shape index (κ3) is 3.31. The van der Waals surface area contributed by atoms with Gasteiger partial charge in [0.25, 0.3) is 0 Å². The van der Waals surface area contributed by atoms with Crippen molar-refractivity contribution in [1.29, 1.82) is 0 Å². The number of thiazole rings is 1. The number of aromatic nitrogens is 1. The van der Waals surface area contributed by atoms with Gasteiger partial charge in [0.15, 0.2) is 0 Å². The fourth-order valence-electron chi connectivity index (χ4n) is 2.57. The van der Waals surface area contributed by atoms with Gasteiger partial charge in [-0.05, 0) is 19.3 Å². The number of aryl methyl sites for hydroxylation is 1. The maximum atomic E-state index is 4.50. The SMILES string of the molecule is CCC1CNC(C(C)C)CN1Cc1ncc(C)s1. The van der Waals surface area contributed by atoms with Crippen LogP contribution in [0.3, 0.4) is 0 Å². The first-order valence-electron chi connectivity index (χ1n) is 6.99. The number of hydrogen-bond acceptors (Lipinski definition) is 4. The summed E-state index contributed by atoms with van der Waals surface area (Å²) in [5.74, 6) is 0.698. The summed E-state index contributed by atoms with van der Waals surface area (Å²) in [6, 6.07) is 1.28. The van der Waals surface area contributed by atoms with Crippen LogP contribution in [0.1, 0.15) is 37.1 Å². The number of hydrogen-bond donors (Lipinski definition) is 1. The molecule has 0 radical (unpaired) electrons. The molecule has 0 bridgehead atoms. The molecule has 1 fully saturated rings. The Morgan fingerprint density at radius 3 is 2.89 bits per heavy atom. The van der Waals surface area contributed by atoms with Crippen LogP contribution in [-0.2, 0) is 6.54 Å². The van der Waals surface area contributed by atoms with E-state index in [4.69, 9.17) is 0 Å². The average molecular weight is 267 g/mol. The lowest BCUT2D eigenvalue weighted by Crippen LogP contribution is -2.57. The minimum absolute atomic E-state index is 0.619. The molecule has 4 heteroatoms. The van der Waals surface area contributed by atoms with Crippen LogP contribution < -0.4 is 5.32 Å². The van der Waals surface area contributed by atoms with Gasteiger partial charge in [-0.15, -0.1) is 11.3 Å². The lowest BCUT2D eigenvalue weighted by atomic mass is 9.98. The average Bonchev–Trinajstić information content (AvgIpc) is 2.74. The molecule has 2 atom stereocenters. The molecule has 1 aromatic rings. The minimum atomic E-state index is 0.619. The second-order valence-electron chi connectivity index (χ2n) is 5.61. The van der Waals surface area contributed by atoms with Crippen LogP contribution in [-0.4, -0.2) is 35.1 Å². The lowest BCUT2D eigenvalue weighted by Gasteiger charge is -2.41. The van der Waals surface area contributed by atoms with Gasteiger partial charge in [0.2, 0.25) is 0 Å². The highest BCUT2D eigenvalue weighted by Gasteiger charge is 2.28. The normalized spacial score (nSPS) is 25.8. The summed E-state index contributed by atoms with van der Waals surface area (Å²) in [6.07, 6.45) is 3.20. The zero-order chi connectivity index (χ0) is 13.1. The van der Waals surface area contributed by atoms with Crippen molar-refractivity contribution in [1.82, 2.24) is 15.2 Å². The molecule has 2 unspecified atom stereocenters. The number of piperazine rings is 1. The highest BCUT2D eigenvalue weighted by molar-refractivity contribution is 7.11.